The first-order chi connectivity index (χ1) is 8.97. The van der Waals surface area contributed by atoms with Crippen LogP contribution in [0.4, 0.5) is 18.9 Å². The zero-order valence-corrected chi connectivity index (χ0v) is 10.7. The molecule has 0 spiro atoms. The van der Waals surface area contributed by atoms with Gasteiger partial charge < -0.3 is 5.32 Å². The Labute approximate surface area is 110 Å². The third-order valence-corrected chi connectivity index (χ3v) is 3.06. The van der Waals surface area contributed by atoms with Gasteiger partial charge in [0.1, 0.15) is 5.82 Å². The number of halogens is 3. The van der Waals surface area contributed by atoms with Crippen molar-refractivity contribution in [2.75, 3.05) is 5.32 Å². The maximum Gasteiger partial charge on any atom is 0.161 e. The van der Waals surface area contributed by atoms with E-state index in [2.05, 4.69) is 5.32 Å². The fraction of sp³-hybridized carbons (Fsp3) is 0.200. The van der Waals surface area contributed by atoms with Gasteiger partial charge in [0.05, 0.1) is 5.69 Å². The molecule has 0 unspecified atom stereocenters. The fourth-order valence-corrected chi connectivity index (χ4v) is 1.77. The van der Waals surface area contributed by atoms with Crippen molar-refractivity contribution in [1.82, 2.24) is 0 Å². The minimum Gasteiger partial charge on any atom is -0.379 e. The summed E-state index contributed by atoms with van der Waals surface area (Å²) in [6.45, 7) is 4.33. The van der Waals surface area contributed by atoms with Crippen molar-refractivity contribution >= 4 is 5.69 Å². The Morgan fingerprint density at radius 1 is 0.842 bits per heavy atom. The van der Waals surface area contributed by atoms with E-state index in [9.17, 15) is 13.2 Å². The number of nitrogens with one attached hydrogen (secondary N) is 1. The monoisotopic (exact) mass is 265 g/mol. The normalized spacial score (nSPS) is 10.6. The molecule has 2 aromatic rings. The van der Waals surface area contributed by atoms with Gasteiger partial charge in [0, 0.05) is 18.7 Å². The summed E-state index contributed by atoms with van der Waals surface area (Å²) in [5, 5.41) is 2.76. The molecule has 0 amide bonds. The van der Waals surface area contributed by atoms with Crippen molar-refractivity contribution < 1.29 is 13.2 Å². The molecule has 0 aromatic heterocycles. The molecule has 2 aromatic carbocycles. The molecule has 4 heteroatoms. The fourth-order valence-electron chi connectivity index (χ4n) is 1.77. The second-order valence-electron chi connectivity index (χ2n) is 4.52. The van der Waals surface area contributed by atoms with Gasteiger partial charge in [-0.2, -0.15) is 0 Å². The van der Waals surface area contributed by atoms with Crippen molar-refractivity contribution in [2.24, 2.45) is 0 Å². The van der Waals surface area contributed by atoms with Crippen LogP contribution in [0.5, 0.6) is 0 Å². The molecule has 0 bridgehead atoms. The Hall–Kier alpha value is -1.97. The van der Waals surface area contributed by atoms with Gasteiger partial charge in [0.2, 0.25) is 0 Å². The highest BCUT2D eigenvalue weighted by atomic mass is 19.2. The number of benzene rings is 2. The van der Waals surface area contributed by atoms with Crippen molar-refractivity contribution in [3.63, 3.8) is 0 Å². The van der Waals surface area contributed by atoms with Crippen molar-refractivity contribution in [1.29, 1.82) is 0 Å². The Morgan fingerprint density at radius 2 is 1.53 bits per heavy atom. The maximum absolute atomic E-state index is 13.4. The van der Waals surface area contributed by atoms with Crippen LogP contribution in [0, 0.1) is 31.3 Å². The molecule has 1 nitrogen and oxygen atoms in total. The van der Waals surface area contributed by atoms with Crippen LogP contribution in [0.15, 0.2) is 30.3 Å². The lowest BCUT2D eigenvalue weighted by Gasteiger charge is -2.09. The van der Waals surface area contributed by atoms with Crippen LogP contribution < -0.4 is 5.32 Å². The van der Waals surface area contributed by atoms with E-state index in [-0.39, 0.29) is 5.69 Å². The van der Waals surface area contributed by atoms with Gasteiger partial charge in [0.15, 0.2) is 11.6 Å². The summed E-state index contributed by atoms with van der Waals surface area (Å²) in [5.74, 6) is -3.05. The van der Waals surface area contributed by atoms with Gasteiger partial charge >= 0.3 is 0 Å². The molecule has 0 atom stereocenters. The molecule has 0 saturated heterocycles. The second kappa shape index (κ2) is 5.34. The molecule has 19 heavy (non-hydrogen) atoms. The number of hydrogen-bond acceptors (Lipinski definition) is 1. The van der Waals surface area contributed by atoms with Crippen LogP contribution in [-0.2, 0) is 6.54 Å². The molecule has 0 radical (unpaired) electrons. The molecule has 0 aliphatic carbocycles. The van der Waals surface area contributed by atoms with Crippen molar-refractivity contribution in [3.8, 4) is 0 Å². The predicted octanol–water partition coefficient (Wildman–Crippen LogP) is 4.33. The highest BCUT2D eigenvalue weighted by Gasteiger charge is 2.09. The average molecular weight is 265 g/mol. The van der Waals surface area contributed by atoms with Crippen LogP contribution in [0.25, 0.3) is 0 Å². The third kappa shape index (κ3) is 3.08. The Balaban J connectivity index is 2.14. The molecule has 0 heterocycles. The lowest BCUT2D eigenvalue weighted by atomic mass is 10.1. The summed E-state index contributed by atoms with van der Waals surface area (Å²) in [6, 6.07) is 7.21. The van der Waals surface area contributed by atoms with Crippen LogP contribution in [-0.4, -0.2) is 0 Å². The highest BCUT2D eigenvalue weighted by Crippen LogP contribution is 2.19. The highest BCUT2D eigenvalue weighted by molar-refractivity contribution is 5.46. The quantitative estimate of drug-likeness (QED) is 0.814. The van der Waals surface area contributed by atoms with E-state index in [1.54, 1.807) is 0 Å². The van der Waals surface area contributed by atoms with E-state index in [0.717, 1.165) is 17.2 Å². The first kappa shape index (κ1) is 13.5. The van der Waals surface area contributed by atoms with Gasteiger partial charge in [-0.05, 0) is 30.5 Å². The van der Waals surface area contributed by atoms with Crippen molar-refractivity contribution in [2.45, 2.75) is 20.4 Å². The van der Waals surface area contributed by atoms with Gasteiger partial charge in [0.25, 0.3) is 0 Å². The summed E-state index contributed by atoms with van der Waals surface area (Å²) in [7, 11) is 0. The predicted molar refractivity (Wildman–Crippen MR) is 69.6 cm³/mol. The molecule has 0 aliphatic rings. The van der Waals surface area contributed by atoms with Crippen molar-refractivity contribution in [3.05, 3.63) is 64.5 Å². The standard InChI is InChI=1S/C15H14F3N/c1-9-3-4-11(5-10(9)2)8-19-15-7-13(17)12(16)6-14(15)18/h3-7,19H,8H2,1-2H3. The molecular weight excluding hydrogens is 251 g/mol. The van der Waals surface area contributed by atoms with E-state index in [1.165, 1.54) is 5.56 Å². The number of hydrogen-bond donors (Lipinski definition) is 1. The Morgan fingerprint density at radius 3 is 2.21 bits per heavy atom. The SMILES string of the molecule is Cc1ccc(CNc2cc(F)c(F)cc2F)cc1C. The van der Waals surface area contributed by atoms with Gasteiger partial charge in [-0.25, -0.2) is 13.2 Å². The Kier molecular flexibility index (Phi) is 3.79. The third-order valence-electron chi connectivity index (χ3n) is 3.06. The topological polar surface area (TPSA) is 12.0 Å². The molecule has 2 rings (SSSR count). The molecule has 100 valence electrons. The summed E-state index contributed by atoms with van der Waals surface area (Å²) >= 11 is 0. The molecule has 0 aliphatic heterocycles. The molecule has 0 saturated carbocycles. The van der Waals surface area contributed by atoms with E-state index < -0.39 is 17.5 Å². The smallest absolute Gasteiger partial charge is 0.161 e. The first-order valence-electron chi connectivity index (χ1n) is 5.92. The zero-order valence-electron chi connectivity index (χ0n) is 10.7. The summed E-state index contributed by atoms with van der Waals surface area (Å²) in [5.41, 5.74) is 3.21. The second-order valence-corrected chi connectivity index (χ2v) is 4.52. The van der Waals surface area contributed by atoms with Gasteiger partial charge in [-0.15, -0.1) is 0 Å². The molecular formula is C15H14F3N. The summed E-state index contributed by atoms with van der Waals surface area (Å²) in [6.07, 6.45) is 0. The van der Waals surface area contributed by atoms with Crippen LogP contribution in [0.1, 0.15) is 16.7 Å². The number of anilines is 1. The number of aryl methyl sites for hydroxylation is 2. The molecule has 1 N–H and O–H groups in total. The van der Waals surface area contributed by atoms with E-state index in [0.29, 0.717) is 12.6 Å². The van der Waals surface area contributed by atoms with Crippen LogP contribution >= 0.6 is 0 Å². The summed E-state index contributed by atoms with van der Waals surface area (Å²) in [4.78, 5) is 0. The number of rotatable bonds is 3. The largest absolute Gasteiger partial charge is 0.379 e. The average Bonchev–Trinajstić information content (AvgIpc) is 2.36. The van der Waals surface area contributed by atoms with Gasteiger partial charge in [-0.1, -0.05) is 18.2 Å². The van der Waals surface area contributed by atoms with E-state index in [1.807, 2.05) is 32.0 Å². The van der Waals surface area contributed by atoms with E-state index in [4.69, 9.17) is 0 Å². The minimum atomic E-state index is -1.19. The lowest BCUT2D eigenvalue weighted by Crippen LogP contribution is -2.03. The Bertz CT molecular complexity index is 609. The summed E-state index contributed by atoms with van der Waals surface area (Å²) < 4.78 is 39.2. The first-order valence-corrected chi connectivity index (χ1v) is 5.92. The molecule has 0 fully saturated rings. The van der Waals surface area contributed by atoms with E-state index >= 15 is 0 Å². The zero-order chi connectivity index (χ0) is 14.0. The van der Waals surface area contributed by atoms with Gasteiger partial charge in [-0.3, -0.25) is 0 Å². The maximum atomic E-state index is 13.4. The minimum absolute atomic E-state index is 0.0443. The lowest BCUT2D eigenvalue weighted by molar-refractivity contribution is 0.496. The van der Waals surface area contributed by atoms with Crippen LogP contribution in [0.3, 0.4) is 0 Å². The van der Waals surface area contributed by atoms with Crippen LogP contribution in [0.2, 0.25) is 0 Å².